The average Bonchev–Trinajstić information content (AvgIpc) is 3.14. The van der Waals surface area contributed by atoms with Gasteiger partial charge in [-0.05, 0) is 36.9 Å². The molecule has 6 heteroatoms. The number of halogens is 3. The van der Waals surface area contributed by atoms with Gasteiger partial charge < -0.3 is 10.6 Å². The maximum Gasteiger partial charge on any atom is 0.393 e. The lowest BCUT2D eigenvalue weighted by molar-refractivity contribution is -0.127. The Hall–Kier alpha value is -1.56. The Kier molecular flexibility index (Phi) is 4.65. The second-order valence-electron chi connectivity index (χ2n) is 5.07. The minimum Gasteiger partial charge on any atom is -0.325 e. The van der Waals surface area contributed by atoms with Crippen molar-refractivity contribution < 1.29 is 18.0 Å². The number of carbonyl (C=O) groups is 1. The monoisotopic (exact) mass is 286 g/mol. The van der Waals surface area contributed by atoms with E-state index in [4.69, 9.17) is 0 Å². The molecular formula is C14H17F3N2O. The number of amides is 1. The van der Waals surface area contributed by atoms with E-state index in [1.165, 1.54) is 31.0 Å². The van der Waals surface area contributed by atoms with E-state index in [1.54, 1.807) is 6.07 Å². The smallest absolute Gasteiger partial charge is 0.325 e. The molecule has 1 aliphatic carbocycles. The summed E-state index contributed by atoms with van der Waals surface area (Å²) in [5.74, 6) is 0.334. The first-order valence-electron chi connectivity index (χ1n) is 6.59. The van der Waals surface area contributed by atoms with Crippen molar-refractivity contribution in [2.45, 2.75) is 25.4 Å². The third-order valence-corrected chi connectivity index (χ3v) is 3.10. The predicted molar refractivity (Wildman–Crippen MR) is 70.4 cm³/mol. The van der Waals surface area contributed by atoms with Gasteiger partial charge in [-0.1, -0.05) is 18.2 Å². The summed E-state index contributed by atoms with van der Waals surface area (Å²) in [6.45, 7) is 0.911. The van der Waals surface area contributed by atoms with Gasteiger partial charge in [-0.15, -0.1) is 0 Å². The number of anilines is 1. The van der Waals surface area contributed by atoms with Crippen LogP contribution in [0.1, 0.15) is 18.4 Å². The Labute approximate surface area is 115 Å². The predicted octanol–water partition coefficient (Wildman–Crippen LogP) is 2.73. The molecule has 1 aliphatic rings. The van der Waals surface area contributed by atoms with Crippen molar-refractivity contribution >= 4 is 11.6 Å². The van der Waals surface area contributed by atoms with Gasteiger partial charge >= 0.3 is 6.18 Å². The maximum atomic E-state index is 12.4. The zero-order valence-electron chi connectivity index (χ0n) is 11.0. The van der Waals surface area contributed by atoms with Crippen LogP contribution < -0.4 is 10.6 Å². The van der Waals surface area contributed by atoms with Crippen LogP contribution in [0, 0.1) is 5.92 Å². The second-order valence-corrected chi connectivity index (χ2v) is 5.07. The topological polar surface area (TPSA) is 41.1 Å². The lowest BCUT2D eigenvalue weighted by Gasteiger charge is -2.13. The van der Waals surface area contributed by atoms with Gasteiger partial charge in [0.15, 0.2) is 0 Å². The number of hydrogen-bond donors (Lipinski definition) is 2. The van der Waals surface area contributed by atoms with Gasteiger partial charge in [0.05, 0.1) is 13.0 Å². The van der Waals surface area contributed by atoms with E-state index in [0.29, 0.717) is 5.92 Å². The number of hydrogen-bond acceptors (Lipinski definition) is 2. The summed E-state index contributed by atoms with van der Waals surface area (Å²) in [7, 11) is 0. The Bertz CT molecular complexity index is 470. The highest BCUT2D eigenvalue weighted by Gasteiger charge is 2.29. The van der Waals surface area contributed by atoms with Crippen LogP contribution in [-0.4, -0.2) is 25.2 Å². The van der Waals surface area contributed by atoms with Crippen LogP contribution in [0.2, 0.25) is 0 Å². The molecule has 2 rings (SSSR count). The quantitative estimate of drug-likeness (QED) is 0.844. The van der Waals surface area contributed by atoms with E-state index < -0.39 is 12.6 Å². The van der Waals surface area contributed by atoms with Gasteiger partial charge in [-0.25, -0.2) is 0 Å². The summed E-state index contributed by atoms with van der Waals surface area (Å²) in [6.07, 6.45) is -2.96. The van der Waals surface area contributed by atoms with Crippen LogP contribution in [0.5, 0.6) is 0 Å². The zero-order chi connectivity index (χ0) is 14.6. The molecule has 0 saturated heterocycles. The molecular weight excluding hydrogens is 269 g/mol. The van der Waals surface area contributed by atoms with Crippen LogP contribution >= 0.6 is 0 Å². The molecule has 110 valence electrons. The number of rotatable bonds is 6. The Morgan fingerprint density at radius 3 is 2.60 bits per heavy atom. The van der Waals surface area contributed by atoms with Crippen LogP contribution in [0.4, 0.5) is 18.9 Å². The van der Waals surface area contributed by atoms with E-state index in [2.05, 4.69) is 10.6 Å². The molecule has 0 unspecified atom stereocenters. The molecule has 0 bridgehead atoms. The molecule has 2 N–H and O–H groups in total. The highest BCUT2D eigenvalue weighted by molar-refractivity contribution is 5.93. The highest BCUT2D eigenvalue weighted by atomic mass is 19.4. The summed E-state index contributed by atoms with van der Waals surface area (Å²) >= 11 is 0. The standard InChI is InChI=1S/C14H17F3N2O/c15-14(16,17)7-11-3-1-2-4-12(11)19-13(20)9-18-8-10-5-6-10/h1-4,10,18H,5-9H2,(H,19,20). The number of para-hydroxylation sites is 1. The minimum absolute atomic E-state index is 0.0792. The summed E-state index contributed by atoms with van der Waals surface area (Å²) in [5.41, 5.74) is 0.304. The SMILES string of the molecule is O=C(CNCC1CC1)Nc1ccccc1CC(F)(F)F. The first-order chi connectivity index (χ1) is 9.44. The molecule has 0 heterocycles. The first kappa shape index (κ1) is 14.8. The number of alkyl halides is 3. The van der Waals surface area contributed by atoms with Crippen LogP contribution in [0.3, 0.4) is 0 Å². The van der Waals surface area contributed by atoms with E-state index >= 15 is 0 Å². The van der Waals surface area contributed by atoms with E-state index in [9.17, 15) is 18.0 Å². The molecule has 0 spiro atoms. The Morgan fingerprint density at radius 2 is 1.95 bits per heavy atom. The molecule has 0 aromatic heterocycles. The summed E-state index contributed by atoms with van der Waals surface area (Å²) in [5, 5.41) is 5.53. The molecule has 0 aliphatic heterocycles. The third-order valence-electron chi connectivity index (χ3n) is 3.10. The molecule has 0 radical (unpaired) electrons. The van der Waals surface area contributed by atoms with Crippen LogP contribution in [0.15, 0.2) is 24.3 Å². The molecule has 20 heavy (non-hydrogen) atoms. The van der Waals surface area contributed by atoms with Gasteiger partial charge in [-0.3, -0.25) is 4.79 Å². The Balaban J connectivity index is 1.88. The number of benzene rings is 1. The second kappa shape index (κ2) is 6.26. The van der Waals surface area contributed by atoms with Crippen molar-refractivity contribution in [3.05, 3.63) is 29.8 Å². The van der Waals surface area contributed by atoms with Crippen LogP contribution in [0.25, 0.3) is 0 Å². The summed E-state index contributed by atoms with van der Waals surface area (Å²) in [6, 6.07) is 6.00. The number of carbonyl (C=O) groups excluding carboxylic acids is 1. The fraction of sp³-hybridized carbons (Fsp3) is 0.500. The van der Waals surface area contributed by atoms with E-state index in [1.807, 2.05) is 0 Å². The van der Waals surface area contributed by atoms with Crippen LogP contribution in [-0.2, 0) is 11.2 Å². The van der Waals surface area contributed by atoms with E-state index in [-0.39, 0.29) is 23.7 Å². The highest BCUT2D eigenvalue weighted by Crippen LogP contribution is 2.27. The average molecular weight is 286 g/mol. The fourth-order valence-electron chi connectivity index (χ4n) is 1.92. The van der Waals surface area contributed by atoms with Gasteiger partial charge in [0.25, 0.3) is 0 Å². The van der Waals surface area contributed by atoms with Gasteiger partial charge in [0, 0.05) is 5.69 Å². The minimum atomic E-state index is -4.29. The van der Waals surface area contributed by atoms with Gasteiger partial charge in [0.2, 0.25) is 5.91 Å². The van der Waals surface area contributed by atoms with Crippen molar-refractivity contribution in [3.8, 4) is 0 Å². The molecule has 1 amide bonds. The molecule has 1 saturated carbocycles. The molecule has 1 aromatic carbocycles. The maximum absolute atomic E-state index is 12.4. The van der Waals surface area contributed by atoms with Crippen molar-refractivity contribution in [1.82, 2.24) is 5.32 Å². The molecule has 1 fully saturated rings. The van der Waals surface area contributed by atoms with Gasteiger partial charge in [-0.2, -0.15) is 13.2 Å². The van der Waals surface area contributed by atoms with Crippen molar-refractivity contribution in [2.24, 2.45) is 5.92 Å². The zero-order valence-corrected chi connectivity index (χ0v) is 11.0. The molecule has 3 nitrogen and oxygen atoms in total. The van der Waals surface area contributed by atoms with Gasteiger partial charge in [0.1, 0.15) is 0 Å². The van der Waals surface area contributed by atoms with Crippen molar-refractivity contribution in [1.29, 1.82) is 0 Å². The molecule has 1 aromatic rings. The van der Waals surface area contributed by atoms with Crippen molar-refractivity contribution in [2.75, 3.05) is 18.4 Å². The normalized spacial score (nSPS) is 15.2. The Morgan fingerprint density at radius 1 is 1.25 bits per heavy atom. The first-order valence-corrected chi connectivity index (χ1v) is 6.59. The summed E-state index contributed by atoms with van der Waals surface area (Å²) in [4.78, 5) is 11.7. The largest absolute Gasteiger partial charge is 0.393 e. The van der Waals surface area contributed by atoms with E-state index in [0.717, 1.165) is 6.54 Å². The third kappa shape index (κ3) is 5.21. The fourth-order valence-corrected chi connectivity index (χ4v) is 1.92. The lowest BCUT2D eigenvalue weighted by Crippen LogP contribution is -2.30. The summed E-state index contributed by atoms with van der Waals surface area (Å²) < 4.78 is 37.3. The van der Waals surface area contributed by atoms with Crippen molar-refractivity contribution in [3.63, 3.8) is 0 Å². The molecule has 0 atom stereocenters. The number of nitrogens with one attached hydrogen (secondary N) is 2. The lowest BCUT2D eigenvalue weighted by atomic mass is 10.1.